The summed E-state index contributed by atoms with van der Waals surface area (Å²) < 4.78 is 5.46. The van der Waals surface area contributed by atoms with Crippen LogP contribution in [0.4, 0.5) is 0 Å². The fraction of sp³-hybridized carbons (Fsp3) is 0.0476. The van der Waals surface area contributed by atoms with Gasteiger partial charge in [0.15, 0.2) is 0 Å². The molecule has 130 valence electrons. The van der Waals surface area contributed by atoms with E-state index in [1.807, 2.05) is 30.3 Å². The quantitative estimate of drug-likeness (QED) is 0.285. The third-order valence-electron chi connectivity index (χ3n) is 3.95. The summed E-state index contributed by atoms with van der Waals surface area (Å²) >= 11 is 0. The van der Waals surface area contributed by atoms with Crippen molar-refractivity contribution in [3.8, 4) is 5.75 Å². The smallest absolute Gasteiger partial charge is 0.343 e. The number of carbonyl (C=O) groups excluding carboxylic acids is 1. The van der Waals surface area contributed by atoms with E-state index >= 15 is 0 Å². The molecular weight excluding hydrogens is 326 g/mol. The lowest BCUT2D eigenvalue weighted by Crippen LogP contribution is -2.10. The Kier molecular flexibility index (Phi) is 4.71. The van der Waals surface area contributed by atoms with Gasteiger partial charge < -0.3 is 16.2 Å². The summed E-state index contributed by atoms with van der Waals surface area (Å²) in [6.07, 6.45) is 0.572. The second-order valence-corrected chi connectivity index (χ2v) is 6.06. The number of nitrogen functional groups attached to an aromatic ring is 1. The van der Waals surface area contributed by atoms with Crippen molar-refractivity contribution >= 4 is 22.6 Å². The molecule has 0 bridgehead atoms. The standard InChI is InChI=1S/C21H19N3O2/c1-13(22)10-14-2-4-15(5-3-14)21(25)26-19-9-8-16-11-18(20(23)24)7-6-17(16)12-19/h2-9,11-12H,1,10,22H2,(H3,23,24). The summed E-state index contributed by atoms with van der Waals surface area (Å²) in [4.78, 5) is 12.3. The zero-order valence-corrected chi connectivity index (χ0v) is 14.2. The van der Waals surface area contributed by atoms with Crippen LogP contribution in [0, 0.1) is 5.41 Å². The second kappa shape index (κ2) is 7.11. The number of carbonyl (C=O) groups is 1. The summed E-state index contributed by atoms with van der Waals surface area (Å²) in [7, 11) is 0. The minimum atomic E-state index is -0.428. The molecule has 0 spiro atoms. The second-order valence-electron chi connectivity index (χ2n) is 6.06. The van der Waals surface area contributed by atoms with Gasteiger partial charge in [-0.05, 0) is 46.7 Å². The number of esters is 1. The minimum Gasteiger partial charge on any atom is -0.423 e. The molecule has 0 amide bonds. The van der Waals surface area contributed by atoms with Crippen molar-refractivity contribution < 1.29 is 9.53 Å². The highest BCUT2D eigenvalue weighted by atomic mass is 16.5. The molecular formula is C21H19N3O2. The summed E-state index contributed by atoms with van der Waals surface area (Å²) in [6, 6.07) is 17.9. The van der Waals surface area contributed by atoms with Crippen molar-refractivity contribution in [1.82, 2.24) is 0 Å². The van der Waals surface area contributed by atoms with Crippen LogP contribution in [0.3, 0.4) is 0 Å². The van der Waals surface area contributed by atoms with Gasteiger partial charge in [-0.15, -0.1) is 0 Å². The number of hydrogen-bond acceptors (Lipinski definition) is 4. The molecule has 5 nitrogen and oxygen atoms in total. The zero-order valence-electron chi connectivity index (χ0n) is 14.2. The molecule has 0 aromatic heterocycles. The van der Waals surface area contributed by atoms with Gasteiger partial charge in [-0.3, -0.25) is 5.41 Å². The Morgan fingerprint density at radius 2 is 1.54 bits per heavy atom. The molecule has 0 saturated heterocycles. The van der Waals surface area contributed by atoms with Crippen molar-refractivity contribution in [3.63, 3.8) is 0 Å². The van der Waals surface area contributed by atoms with Crippen LogP contribution in [0.5, 0.6) is 5.75 Å². The lowest BCUT2D eigenvalue weighted by Gasteiger charge is -2.08. The van der Waals surface area contributed by atoms with Crippen molar-refractivity contribution in [2.45, 2.75) is 6.42 Å². The molecule has 0 fully saturated rings. The predicted molar refractivity (Wildman–Crippen MR) is 103 cm³/mol. The maximum atomic E-state index is 12.3. The van der Waals surface area contributed by atoms with Crippen LogP contribution in [0.1, 0.15) is 21.5 Å². The Labute approximate surface area is 151 Å². The van der Waals surface area contributed by atoms with E-state index in [0.717, 1.165) is 16.3 Å². The summed E-state index contributed by atoms with van der Waals surface area (Å²) in [5.41, 5.74) is 13.8. The number of nitrogens with two attached hydrogens (primary N) is 2. The first-order chi connectivity index (χ1) is 12.4. The van der Waals surface area contributed by atoms with Gasteiger partial charge in [-0.2, -0.15) is 0 Å². The molecule has 3 rings (SSSR count). The van der Waals surface area contributed by atoms with Gasteiger partial charge in [-0.25, -0.2) is 4.79 Å². The van der Waals surface area contributed by atoms with E-state index in [1.165, 1.54) is 0 Å². The molecule has 3 aromatic carbocycles. The normalized spacial score (nSPS) is 10.5. The number of allylic oxidation sites excluding steroid dienone is 1. The van der Waals surface area contributed by atoms with Crippen LogP contribution in [-0.4, -0.2) is 11.8 Å². The molecule has 3 aromatic rings. The maximum absolute atomic E-state index is 12.3. The monoisotopic (exact) mass is 345 g/mol. The zero-order chi connectivity index (χ0) is 18.7. The number of rotatable bonds is 5. The topological polar surface area (TPSA) is 102 Å². The molecule has 5 heteroatoms. The van der Waals surface area contributed by atoms with Crippen molar-refractivity contribution in [1.29, 1.82) is 5.41 Å². The molecule has 0 unspecified atom stereocenters. The first kappa shape index (κ1) is 17.2. The van der Waals surface area contributed by atoms with Crippen LogP contribution in [-0.2, 0) is 6.42 Å². The summed E-state index contributed by atoms with van der Waals surface area (Å²) in [5.74, 6) is 0.0457. The van der Waals surface area contributed by atoms with E-state index in [2.05, 4.69) is 6.58 Å². The third-order valence-corrected chi connectivity index (χ3v) is 3.95. The van der Waals surface area contributed by atoms with E-state index in [9.17, 15) is 4.79 Å². The van der Waals surface area contributed by atoms with Crippen LogP contribution < -0.4 is 16.2 Å². The predicted octanol–water partition coefficient (Wildman–Crippen LogP) is 3.36. The van der Waals surface area contributed by atoms with Gasteiger partial charge in [0.25, 0.3) is 0 Å². The van der Waals surface area contributed by atoms with Crippen LogP contribution >= 0.6 is 0 Å². The average molecular weight is 345 g/mol. The molecule has 0 heterocycles. The van der Waals surface area contributed by atoms with Gasteiger partial charge >= 0.3 is 5.97 Å². The summed E-state index contributed by atoms with van der Waals surface area (Å²) in [6.45, 7) is 3.67. The average Bonchev–Trinajstić information content (AvgIpc) is 2.61. The van der Waals surface area contributed by atoms with Crippen molar-refractivity contribution in [3.05, 3.63) is 89.6 Å². The Morgan fingerprint density at radius 1 is 0.923 bits per heavy atom. The molecule has 0 aliphatic carbocycles. The lowest BCUT2D eigenvalue weighted by atomic mass is 10.1. The number of nitrogens with one attached hydrogen (secondary N) is 1. The van der Waals surface area contributed by atoms with Crippen LogP contribution in [0.2, 0.25) is 0 Å². The molecule has 0 saturated carbocycles. The fourth-order valence-corrected chi connectivity index (χ4v) is 2.64. The van der Waals surface area contributed by atoms with Crippen LogP contribution in [0.15, 0.2) is 72.9 Å². The van der Waals surface area contributed by atoms with E-state index in [-0.39, 0.29) is 5.84 Å². The highest BCUT2D eigenvalue weighted by molar-refractivity contribution is 5.99. The molecule has 0 radical (unpaired) electrons. The lowest BCUT2D eigenvalue weighted by molar-refractivity contribution is 0.0735. The molecule has 5 N–H and O–H groups in total. The van der Waals surface area contributed by atoms with Crippen LogP contribution in [0.25, 0.3) is 10.8 Å². The third kappa shape index (κ3) is 3.89. The minimum absolute atomic E-state index is 0.0176. The first-order valence-electron chi connectivity index (χ1n) is 8.05. The fourth-order valence-electron chi connectivity index (χ4n) is 2.64. The Bertz CT molecular complexity index is 1010. The highest BCUT2D eigenvalue weighted by Gasteiger charge is 2.09. The number of amidine groups is 1. The highest BCUT2D eigenvalue weighted by Crippen LogP contribution is 2.23. The van der Waals surface area contributed by atoms with E-state index in [1.54, 1.807) is 30.3 Å². The number of benzene rings is 3. The van der Waals surface area contributed by atoms with E-state index in [0.29, 0.717) is 29.0 Å². The number of fused-ring (bicyclic) bond motifs is 1. The maximum Gasteiger partial charge on any atom is 0.343 e. The van der Waals surface area contributed by atoms with Crippen molar-refractivity contribution in [2.24, 2.45) is 11.5 Å². The van der Waals surface area contributed by atoms with Gasteiger partial charge in [0, 0.05) is 17.7 Å². The Morgan fingerprint density at radius 3 is 2.19 bits per heavy atom. The van der Waals surface area contributed by atoms with E-state index in [4.69, 9.17) is 21.6 Å². The molecule has 0 aliphatic rings. The van der Waals surface area contributed by atoms with Gasteiger partial charge in [0.2, 0.25) is 0 Å². The van der Waals surface area contributed by atoms with Gasteiger partial charge in [0.05, 0.1) is 5.56 Å². The Hall–Kier alpha value is -3.60. The van der Waals surface area contributed by atoms with Crippen molar-refractivity contribution in [2.75, 3.05) is 0 Å². The molecule has 0 aliphatic heterocycles. The first-order valence-corrected chi connectivity index (χ1v) is 8.05. The van der Waals surface area contributed by atoms with E-state index < -0.39 is 5.97 Å². The molecule has 0 atom stereocenters. The SMILES string of the molecule is C=C(N)Cc1ccc(C(=O)Oc2ccc3cc(C(=N)N)ccc3c2)cc1. The van der Waals surface area contributed by atoms with Gasteiger partial charge in [0.1, 0.15) is 11.6 Å². The Balaban J connectivity index is 1.77. The number of hydrogen-bond donors (Lipinski definition) is 3. The molecule has 26 heavy (non-hydrogen) atoms. The van der Waals surface area contributed by atoms with Gasteiger partial charge in [-0.1, -0.05) is 36.9 Å². The summed E-state index contributed by atoms with van der Waals surface area (Å²) in [5, 5.41) is 9.31. The largest absolute Gasteiger partial charge is 0.423 e. The number of ether oxygens (including phenoxy) is 1.